The van der Waals surface area contributed by atoms with Gasteiger partial charge in [0.25, 0.3) is 0 Å². The molecule has 1 saturated heterocycles. The Kier molecular flexibility index (Phi) is 3.19. The van der Waals surface area contributed by atoms with Crippen molar-refractivity contribution in [2.75, 3.05) is 18.0 Å². The van der Waals surface area contributed by atoms with Crippen molar-refractivity contribution in [2.45, 2.75) is 19.4 Å². The Balaban J connectivity index is 2.10. The van der Waals surface area contributed by atoms with E-state index in [1.54, 1.807) is 6.20 Å². The van der Waals surface area contributed by atoms with Gasteiger partial charge in [-0.3, -0.25) is 4.79 Å². The van der Waals surface area contributed by atoms with Gasteiger partial charge in [0.05, 0.1) is 0 Å². The van der Waals surface area contributed by atoms with Crippen LogP contribution in [0.5, 0.6) is 0 Å². The highest BCUT2D eigenvalue weighted by molar-refractivity contribution is 5.73. The molecule has 1 N–H and O–H groups in total. The van der Waals surface area contributed by atoms with Crippen molar-refractivity contribution in [3.63, 3.8) is 0 Å². The second-order valence-electron chi connectivity index (χ2n) is 3.97. The summed E-state index contributed by atoms with van der Waals surface area (Å²) in [6.45, 7) is 2.96. The van der Waals surface area contributed by atoms with Gasteiger partial charge < -0.3 is 10.2 Å². The number of nitrogens with one attached hydrogen (secondary N) is 1. The van der Waals surface area contributed by atoms with E-state index in [-0.39, 0.29) is 11.9 Å². The monoisotopic (exact) mass is 231 g/mol. The van der Waals surface area contributed by atoms with E-state index < -0.39 is 0 Å². The van der Waals surface area contributed by atoms with Crippen LogP contribution >= 0.6 is 0 Å². The zero-order valence-corrected chi connectivity index (χ0v) is 9.55. The molecular weight excluding hydrogens is 218 g/mol. The first-order valence-corrected chi connectivity index (χ1v) is 5.44. The fourth-order valence-electron chi connectivity index (χ4n) is 2.00. The third kappa shape index (κ3) is 2.50. The van der Waals surface area contributed by atoms with E-state index >= 15 is 0 Å². The first-order valence-electron chi connectivity index (χ1n) is 5.44. The Bertz CT molecular complexity index is 467. The average Bonchev–Trinajstić information content (AvgIpc) is 2.76. The third-order valence-corrected chi connectivity index (χ3v) is 2.68. The van der Waals surface area contributed by atoms with Crippen molar-refractivity contribution in [3.05, 3.63) is 18.1 Å². The van der Waals surface area contributed by atoms with Crippen LogP contribution in [0.25, 0.3) is 0 Å². The molecule has 1 atom stereocenters. The number of aromatic nitrogens is 2. The first kappa shape index (κ1) is 11.3. The van der Waals surface area contributed by atoms with Gasteiger partial charge in [0.2, 0.25) is 5.91 Å². The highest BCUT2D eigenvalue weighted by Gasteiger charge is 2.25. The summed E-state index contributed by atoms with van der Waals surface area (Å²) in [6.07, 6.45) is 3.94. The summed E-state index contributed by atoms with van der Waals surface area (Å²) in [6, 6.07) is 2.15. The van der Waals surface area contributed by atoms with Crippen molar-refractivity contribution in [3.8, 4) is 6.07 Å². The van der Waals surface area contributed by atoms with Gasteiger partial charge in [-0.25, -0.2) is 9.97 Å². The number of rotatable bonds is 2. The zero-order valence-electron chi connectivity index (χ0n) is 9.55. The minimum atomic E-state index is -0.0310. The van der Waals surface area contributed by atoms with Crippen molar-refractivity contribution >= 4 is 11.7 Å². The van der Waals surface area contributed by atoms with Gasteiger partial charge in [0.15, 0.2) is 11.5 Å². The topological polar surface area (TPSA) is 81.9 Å². The summed E-state index contributed by atoms with van der Waals surface area (Å²) in [5, 5.41) is 11.8. The molecule has 0 spiro atoms. The van der Waals surface area contributed by atoms with Crippen LogP contribution in [-0.2, 0) is 4.79 Å². The van der Waals surface area contributed by atoms with Crippen LogP contribution in [0.4, 0.5) is 5.82 Å². The van der Waals surface area contributed by atoms with E-state index in [0.717, 1.165) is 13.0 Å². The van der Waals surface area contributed by atoms with Crippen LogP contribution in [0.15, 0.2) is 12.4 Å². The lowest BCUT2D eigenvalue weighted by Crippen LogP contribution is -2.35. The molecule has 17 heavy (non-hydrogen) atoms. The summed E-state index contributed by atoms with van der Waals surface area (Å²) in [7, 11) is 0. The number of amides is 1. The molecule has 1 unspecified atom stereocenters. The molecule has 88 valence electrons. The van der Waals surface area contributed by atoms with E-state index in [9.17, 15) is 4.79 Å². The smallest absolute Gasteiger partial charge is 0.217 e. The van der Waals surface area contributed by atoms with Gasteiger partial charge in [0, 0.05) is 38.4 Å². The molecule has 6 heteroatoms. The van der Waals surface area contributed by atoms with E-state index in [0.29, 0.717) is 18.1 Å². The van der Waals surface area contributed by atoms with Crippen LogP contribution < -0.4 is 10.2 Å². The summed E-state index contributed by atoms with van der Waals surface area (Å²) in [5.41, 5.74) is 0.330. The molecule has 6 nitrogen and oxygen atoms in total. The normalized spacial score (nSPS) is 18.8. The maximum Gasteiger partial charge on any atom is 0.217 e. The molecule has 1 amide bonds. The molecule has 0 saturated carbocycles. The van der Waals surface area contributed by atoms with E-state index in [1.807, 2.05) is 11.0 Å². The molecule has 2 rings (SSSR count). The number of carbonyl (C=O) groups excluding carboxylic acids is 1. The Labute approximate surface area is 99.3 Å². The fourth-order valence-corrected chi connectivity index (χ4v) is 2.00. The van der Waals surface area contributed by atoms with E-state index in [1.165, 1.54) is 13.1 Å². The minimum absolute atomic E-state index is 0.0310. The molecule has 2 heterocycles. The van der Waals surface area contributed by atoms with Gasteiger partial charge in [-0.15, -0.1) is 0 Å². The summed E-state index contributed by atoms with van der Waals surface area (Å²) < 4.78 is 0. The lowest BCUT2D eigenvalue weighted by atomic mass is 10.2. The minimum Gasteiger partial charge on any atom is -0.352 e. The Morgan fingerprint density at radius 3 is 3.06 bits per heavy atom. The number of hydrogen-bond donors (Lipinski definition) is 1. The van der Waals surface area contributed by atoms with Crippen LogP contribution in [0.3, 0.4) is 0 Å². The molecule has 0 aromatic carbocycles. The molecule has 0 radical (unpaired) electrons. The van der Waals surface area contributed by atoms with Crippen molar-refractivity contribution in [1.29, 1.82) is 5.26 Å². The second-order valence-corrected chi connectivity index (χ2v) is 3.97. The maximum atomic E-state index is 11.0. The van der Waals surface area contributed by atoms with Gasteiger partial charge in [-0.2, -0.15) is 5.26 Å². The van der Waals surface area contributed by atoms with Crippen LogP contribution in [-0.4, -0.2) is 35.0 Å². The molecule has 0 bridgehead atoms. The molecule has 1 aromatic heterocycles. The molecule has 1 aromatic rings. The maximum absolute atomic E-state index is 11.0. The average molecular weight is 231 g/mol. The van der Waals surface area contributed by atoms with Crippen molar-refractivity contribution in [2.24, 2.45) is 0 Å². The van der Waals surface area contributed by atoms with E-state index in [4.69, 9.17) is 5.26 Å². The lowest BCUT2D eigenvalue weighted by molar-refractivity contribution is -0.119. The van der Waals surface area contributed by atoms with Crippen LogP contribution in [0.2, 0.25) is 0 Å². The van der Waals surface area contributed by atoms with Crippen LogP contribution in [0, 0.1) is 11.3 Å². The quantitative estimate of drug-likeness (QED) is 0.778. The summed E-state index contributed by atoms with van der Waals surface area (Å²) in [5.74, 6) is 0.569. The SMILES string of the molecule is CC(=O)NC1CCN(c2nccnc2C#N)C1. The molecule has 0 aliphatic carbocycles. The Hall–Kier alpha value is -2.16. The highest BCUT2D eigenvalue weighted by Crippen LogP contribution is 2.19. The largest absolute Gasteiger partial charge is 0.352 e. The summed E-state index contributed by atoms with van der Waals surface area (Å²) >= 11 is 0. The van der Waals surface area contributed by atoms with Gasteiger partial charge in [0.1, 0.15) is 6.07 Å². The fraction of sp³-hybridized carbons (Fsp3) is 0.455. The predicted molar refractivity (Wildman–Crippen MR) is 61.2 cm³/mol. The Morgan fingerprint density at radius 2 is 2.35 bits per heavy atom. The lowest BCUT2D eigenvalue weighted by Gasteiger charge is -2.17. The molecule has 1 aliphatic heterocycles. The van der Waals surface area contributed by atoms with Crippen molar-refractivity contribution < 1.29 is 4.79 Å². The van der Waals surface area contributed by atoms with E-state index in [2.05, 4.69) is 15.3 Å². The first-order chi connectivity index (χ1) is 8.20. The summed E-state index contributed by atoms with van der Waals surface area (Å²) in [4.78, 5) is 21.1. The predicted octanol–water partition coefficient (Wildman–Crippen LogP) is 0.0631. The second kappa shape index (κ2) is 4.78. The van der Waals surface area contributed by atoms with Gasteiger partial charge >= 0.3 is 0 Å². The molecule has 1 fully saturated rings. The third-order valence-electron chi connectivity index (χ3n) is 2.68. The number of nitrogens with zero attached hydrogens (tertiary/aromatic N) is 4. The van der Waals surface area contributed by atoms with Gasteiger partial charge in [-0.1, -0.05) is 0 Å². The number of carbonyl (C=O) groups is 1. The number of hydrogen-bond acceptors (Lipinski definition) is 5. The standard InChI is InChI=1S/C11H13N5O/c1-8(17)15-9-2-5-16(7-9)11-10(6-12)13-3-4-14-11/h3-4,9H,2,5,7H2,1H3,(H,15,17). The molecular formula is C11H13N5O. The Morgan fingerprint density at radius 1 is 1.59 bits per heavy atom. The molecule has 1 aliphatic rings. The van der Waals surface area contributed by atoms with Crippen molar-refractivity contribution in [1.82, 2.24) is 15.3 Å². The zero-order chi connectivity index (χ0) is 12.3. The highest BCUT2D eigenvalue weighted by atomic mass is 16.1. The van der Waals surface area contributed by atoms with Gasteiger partial charge in [-0.05, 0) is 6.42 Å². The number of anilines is 1. The van der Waals surface area contributed by atoms with Crippen LogP contribution in [0.1, 0.15) is 19.0 Å². The number of nitriles is 1.